The molecule has 0 radical (unpaired) electrons. The van der Waals surface area contributed by atoms with E-state index in [-0.39, 0.29) is 6.10 Å². The molecule has 18 heavy (non-hydrogen) atoms. The molecule has 1 unspecified atom stereocenters. The zero-order valence-electron chi connectivity index (χ0n) is 11.7. The summed E-state index contributed by atoms with van der Waals surface area (Å²) < 4.78 is 5.75. The Bertz CT molecular complexity index is 412. The number of ether oxygens (including phenoxy) is 1. The number of nitriles is 1. The van der Waals surface area contributed by atoms with E-state index in [0.717, 1.165) is 30.0 Å². The first-order chi connectivity index (χ1) is 8.62. The van der Waals surface area contributed by atoms with Crippen LogP contribution < -0.4 is 10.1 Å². The van der Waals surface area contributed by atoms with Gasteiger partial charge < -0.3 is 10.1 Å². The van der Waals surface area contributed by atoms with E-state index in [9.17, 15) is 0 Å². The van der Waals surface area contributed by atoms with Crippen molar-refractivity contribution in [1.82, 2.24) is 5.32 Å². The summed E-state index contributed by atoms with van der Waals surface area (Å²) in [6.45, 7) is 9.94. The molecular formula is C15H22N2O. The van der Waals surface area contributed by atoms with Crippen LogP contribution in [-0.2, 0) is 6.54 Å². The zero-order chi connectivity index (χ0) is 13.5. The van der Waals surface area contributed by atoms with Crippen LogP contribution in [0.5, 0.6) is 5.75 Å². The highest BCUT2D eigenvalue weighted by molar-refractivity contribution is 5.43. The monoisotopic (exact) mass is 246 g/mol. The number of nitrogens with zero attached hydrogens (tertiary/aromatic N) is 1. The molecule has 3 nitrogen and oxygen atoms in total. The van der Waals surface area contributed by atoms with Crippen molar-refractivity contribution in [2.24, 2.45) is 0 Å². The first-order valence-electron chi connectivity index (χ1n) is 6.49. The highest BCUT2D eigenvalue weighted by Gasteiger charge is 2.11. The van der Waals surface area contributed by atoms with Gasteiger partial charge in [-0.3, -0.25) is 0 Å². The van der Waals surface area contributed by atoms with E-state index >= 15 is 0 Å². The van der Waals surface area contributed by atoms with Crippen LogP contribution in [0, 0.1) is 25.2 Å². The number of hydrogen-bond acceptors (Lipinski definition) is 3. The van der Waals surface area contributed by atoms with Gasteiger partial charge in [0.15, 0.2) is 6.10 Å². The molecule has 0 saturated heterocycles. The zero-order valence-corrected chi connectivity index (χ0v) is 11.7. The number of benzene rings is 1. The predicted molar refractivity (Wildman–Crippen MR) is 73.6 cm³/mol. The Morgan fingerprint density at radius 2 is 1.89 bits per heavy atom. The molecule has 98 valence electrons. The van der Waals surface area contributed by atoms with Gasteiger partial charge in [-0.1, -0.05) is 26.0 Å². The van der Waals surface area contributed by atoms with Crippen LogP contribution in [0.4, 0.5) is 0 Å². The molecule has 3 heteroatoms. The second-order valence-corrected chi connectivity index (χ2v) is 4.48. The van der Waals surface area contributed by atoms with Crippen molar-refractivity contribution >= 4 is 0 Å². The normalized spacial score (nSPS) is 11.9. The molecule has 0 aromatic heterocycles. The SMILES string of the molecule is CCNCc1cc(C)c(OC(C#N)CC)c(C)c1. The lowest BCUT2D eigenvalue weighted by Gasteiger charge is -2.16. The lowest BCUT2D eigenvalue weighted by Crippen LogP contribution is -2.15. The van der Waals surface area contributed by atoms with E-state index in [1.807, 2.05) is 20.8 Å². The Morgan fingerprint density at radius 3 is 2.33 bits per heavy atom. The van der Waals surface area contributed by atoms with E-state index in [1.165, 1.54) is 5.56 Å². The second kappa shape index (κ2) is 7.03. The van der Waals surface area contributed by atoms with Crippen LogP contribution in [-0.4, -0.2) is 12.6 Å². The maximum atomic E-state index is 8.95. The standard InChI is InChI=1S/C15H22N2O/c1-5-14(9-16)18-15-11(3)7-13(8-12(15)4)10-17-6-2/h7-8,14,17H,5-6,10H2,1-4H3. The summed E-state index contributed by atoms with van der Waals surface area (Å²) in [4.78, 5) is 0. The van der Waals surface area contributed by atoms with E-state index in [2.05, 4.69) is 30.4 Å². The largest absolute Gasteiger partial charge is 0.475 e. The highest BCUT2D eigenvalue weighted by atomic mass is 16.5. The van der Waals surface area contributed by atoms with Crippen LogP contribution in [0.25, 0.3) is 0 Å². The minimum atomic E-state index is -0.359. The quantitative estimate of drug-likeness (QED) is 0.839. The topological polar surface area (TPSA) is 45.0 Å². The Morgan fingerprint density at radius 1 is 1.28 bits per heavy atom. The molecule has 0 fully saturated rings. The average Bonchev–Trinajstić information content (AvgIpc) is 2.36. The van der Waals surface area contributed by atoms with Crippen LogP contribution in [0.3, 0.4) is 0 Å². The number of aryl methyl sites for hydroxylation is 2. The van der Waals surface area contributed by atoms with Gasteiger partial charge in [-0.15, -0.1) is 0 Å². The Labute approximate surface area is 110 Å². The van der Waals surface area contributed by atoms with E-state index in [0.29, 0.717) is 6.42 Å². The molecule has 0 spiro atoms. The molecule has 1 rings (SSSR count). The van der Waals surface area contributed by atoms with Gasteiger partial charge in [0.2, 0.25) is 0 Å². The predicted octanol–water partition coefficient (Wildman–Crippen LogP) is 3.09. The Hall–Kier alpha value is -1.53. The first-order valence-corrected chi connectivity index (χ1v) is 6.49. The third-order valence-electron chi connectivity index (χ3n) is 2.87. The van der Waals surface area contributed by atoms with Crippen molar-refractivity contribution in [3.05, 3.63) is 28.8 Å². The van der Waals surface area contributed by atoms with Gasteiger partial charge in [-0.25, -0.2) is 0 Å². The molecule has 0 amide bonds. The van der Waals surface area contributed by atoms with Gasteiger partial charge in [0.1, 0.15) is 11.8 Å². The maximum Gasteiger partial charge on any atom is 0.184 e. The van der Waals surface area contributed by atoms with Gasteiger partial charge in [0.25, 0.3) is 0 Å². The smallest absolute Gasteiger partial charge is 0.184 e. The summed E-state index contributed by atoms with van der Waals surface area (Å²) in [6, 6.07) is 6.41. The molecule has 1 atom stereocenters. The molecule has 0 heterocycles. The van der Waals surface area contributed by atoms with Crippen molar-refractivity contribution < 1.29 is 4.74 Å². The van der Waals surface area contributed by atoms with Gasteiger partial charge in [-0.2, -0.15) is 5.26 Å². The molecule has 0 bridgehead atoms. The first kappa shape index (κ1) is 14.5. The number of hydrogen-bond donors (Lipinski definition) is 1. The maximum absolute atomic E-state index is 8.95. The van der Waals surface area contributed by atoms with Gasteiger partial charge in [-0.05, 0) is 43.5 Å². The molecule has 0 saturated carbocycles. The van der Waals surface area contributed by atoms with Gasteiger partial charge in [0.05, 0.1) is 0 Å². The van der Waals surface area contributed by atoms with Crippen LogP contribution in [0.15, 0.2) is 12.1 Å². The van der Waals surface area contributed by atoms with Crippen LogP contribution in [0.1, 0.15) is 37.0 Å². The fraction of sp³-hybridized carbons (Fsp3) is 0.533. The summed E-state index contributed by atoms with van der Waals surface area (Å²) in [5.41, 5.74) is 3.44. The van der Waals surface area contributed by atoms with Gasteiger partial charge in [0, 0.05) is 6.54 Å². The summed E-state index contributed by atoms with van der Waals surface area (Å²) in [7, 11) is 0. The minimum absolute atomic E-state index is 0.359. The molecular weight excluding hydrogens is 224 g/mol. The molecule has 0 aliphatic heterocycles. The van der Waals surface area contributed by atoms with Crippen molar-refractivity contribution in [2.45, 2.75) is 46.8 Å². The molecule has 0 aliphatic carbocycles. The van der Waals surface area contributed by atoms with Gasteiger partial charge >= 0.3 is 0 Å². The average molecular weight is 246 g/mol. The molecule has 1 N–H and O–H groups in total. The summed E-state index contributed by atoms with van der Waals surface area (Å²) in [5, 5.41) is 12.3. The molecule has 1 aromatic rings. The molecule has 0 aliphatic rings. The number of nitrogens with one attached hydrogen (secondary N) is 1. The van der Waals surface area contributed by atoms with Crippen molar-refractivity contribution in [1.29, 1.82) is 5.26 Å². The third-order valence-corrected chi connectivity index (χ3v) is 2.87. The lowest BCUT2D eigenvalue weighted by atomic mass is 10.1. The van der Waals surface area contributed by atoms with E-state index < -0.39 is 0 Å². The van der Waals surface area contributed by atoms with Crippen molar-refractivity contribution in [2.75, 3.05) is 6.54 Å². The summed E-state index contributed by atoms with van der Waals surface area (Å²) in [5.74, 6) is 0.851. The van der Waals surface area contributed by atoms with Crippen LogP contribution in [0.2, 0.25) is 0 Å². The second-order valence-electron chi connectivity index (χ2n) is 4.48. The van der Waals surface area contributed by atoms with Crippen molar-refractivity contribution in [3.8, 4) is 11.8 Å². The number of rotatable bonds is 6. The van der Waals surface area contributed by atoms with E-state index in [1.54, 1.807) is 0 Å². The van der Waals surface area contributed by atoms with E-state index in [4.69, 9.17) is 10.00 Å². The lowest BCUT2D eigenvalue weighted by molar-refractivity contribution is 0.248. The highest BCUT2D eigenvalue weighted by Crippen LogP contribution is 2.26. The molecule has 1 aromatic carbocycles. The fourth-order valence-electron chi connectivity index (χ4n) is 1.94. The third kappa shape index (κ3) is 3.75. The summed E-state index contributed by atoms with van der Waals surface area (Å²) >= 11 is 0. The minimum Gasteiger partial charge on any atom is -0.475 e. The Balaban J connectivity index is 2.91. The Kier molecular flexibility index (Phi) is 5.67. The van der Waals surface area contributed by atoms with Crippen molar-refractivity contribution in [3.63, 3.8) is 0 Å². The van der Waals surface area contributed by atoms with Crippen LogP contribution >= 0.6 is 0 Å². The fourth-order valence-corrected chi connectivity index (χ4v) is 1.94. The summed E-state index contributed by atoms with van der Waals surface area (Å²) in [6.07, 6.45) is 0.344.